The molecule has 3 rings (SSSR count). The van der Waals surface area contributed by atoms with Crippen LogP contribution in [0.3, 0.4) is 0 Å². The minimum atomic E-state index is -1.28. The SMILES string of the molecule is CC1(C)OC(=O)C(=CNc2c(Cl)ccc3nsnc23)C(=O)O1. The van der Waals surface area contributed by atoms with Gasteiger partial charge in [0.15, 0.2) is 5.57 Å². The maximum atomic E-state index is 11.8. The van der Waals surface area contributed by atoms with Gasteiger partial charge in [0.1, 0.15) is 11.0 Å². The molecule has 9 heteroatoms. The highest BCUT2D eigenvalue weighted by Crippen LogP contribution is 2.30. The summed E-state index contributed by atoms with van der Waals surface area (Å²) in [5.41, 5.74) is 1.40. The number of nitrogens with zero attached hydrogens (tertiary/aromatic N) is 2. The summed E-state index contributed by atoms with van der Waals surface area (Å²) < 4.78 is 18.2. The van der Waals surface area contributed by atoms with E-state index < -0.39 is 17.7 Å². The molecule has 0 amide bonds. The third-order valence-electron chi connectivity index (χ3n) is 2.85. The maximum absolute atomic E-state index is 11.8. The van der Waals surface area contributed by atoms with Gasteiger partial charge in [0, 0.05) is 20.0 Å². The fraction of sp³-hybridized carbons (Fsp3) is 0.231. The van der Waals surface area contributed by atoms with E-state index in [0.29, 0.717) is 21.7 Å². The zero-order valence-corrected chi connectivity index (χ0v) is 13.1. The van der Waals surface area contributed by atoms with Crippen LogP contribution in [0.1, 0.15) is 13.8 Å². The highest BCUT2D eigenvalue weighted by molar-refractivity contribution is 7.00. The number of ether oxygens (including phenoxy) is 2. The Bertz CT molecular complexity index is 793. The molecule has 0 spiro atoms. The highest BCUT2D eigenvalue weighted by Gasteiger charge is 2.39. The van der Waals surface area contributed by atoms with Crippen LogP contribution in [-0.4, -0.2) is 26.5 Å². The first kappa shape index (κ1) is 14.7. The summed E-state index contributed by atoms with van der Waals surface area (Å²) in [5, 5.41) is 3.19. The molecule has 0 bridgehead atoms. The number of esters is 2. The number of halogens is 1. The Balaban J connectivity index is 1.93. The van der Waals surface area contributed by atoms with Crippen LogP contribution in [0.2, 0.25) is 5.02 Å². The minimum Gasteiger partial charge on any atom is -0.419 e. The standard InChI is InChI=1S/C13H10ClN3O4S/c1-13(2)20-11(18)6(12(19)21-13)5-15-9-7(14)3-4-8-10(9)17-22-16-8/h3-5,15H,1-2H3. The molecule has 1 saturated heterocycles. The second-order valence-electron chi connectivity index (χ2n) is 4.94. The number of carbonyl (C=O) groups excluding carboxylic acids is 2. The largest absolute Gasteiger partial charge is 0.419 e. The van der Waals surface area contributed by atoms with Crippen molar-refractivity contribution in [3.63, 3.8) is 0 Å². The summed E-state index contributed by atoms with van der Waals surface area (Å²) in [6, 6.07) is 3.37. The molecule has 1 aliphatic heterocycles. The summed E-state index contributed by atoms with van der Waals surface area (Å²) in [5.74, 6) is -2.82. The molecule has 114 valence electrons. The average molecular weight is 340 g/mol. The van der Waals surface area contributed by atoms with Gasteiger partial charge in [-0.1, -0.05) is 11.6 Å². The van der Waals surface area contributed by atoms with E-state index in [1.165, 1.54) is 20.0 Å². The fourth-order valence-corrected chi connectivity index (χ4v) is 2.64. The van der Waals surface area contributed by atoms with E-state index in [0.717, 1.165) is 11.7 Å². The lowest BCUT2D eigenvalue weighted by Crippen LogP contribution is -2.42. The predicted molar refractivity (Wildman–Crippen MR) is 80.4 cm³/mol. The van der Waals surface area contributed by atoms with Crippen LogP contribution in [0.15, 0.2) is 23.9 Å². The van der Waals surface area contributed by atoms with Gasteiger partial charge in [-0.2, -0.15) is 8.75 Å². The number of nitrogens with one attached hydrogen (secondary N) is 1. The molecule has 0 radical (unpaired) electrons. The second kappa shape index (κ2) is 5.22. The van der Waals surface area contributed by atoms with Crippen molar-refractivity contribution in [3.05, 3.63) is 28.9 Å². The van der Waals surface area contributed by atoms with E-state index in [9.17, 15) is 9.59 Å². The molecular weight excluding hydrogens is 330 g/mol. The number of hydrogen-bond acceptors (Lipinski definition) is 8. The van der Waals surface area contributed by atoms with Gasteiger partial charge in [0.05, 0.1) is 22.4 Å². The Labute approximate surface area is 134 Å². The van der Waals surface area contributed by atoms with E-state index >= 15 is 0 Å². The van der Waals surface area contributed by atoms with Crippen LogP contribution in [-0.2, 0) is 19.1 Å². The summed E-state index contributed by atoms with van der Waals surface area (Å²) in [7, 11) is 0. The van der Waals surface area contributed by atoms with Crippen LogP contribution in [0, 0.1) is 0 Å². The fourth-order valence-electron chi connectivity index (χ4n) is 1.89. The predicted octanol–water partition coefficient (Wildman–Crippen LogP) is 2.48. The smallest absolute Gasteiger partial charge is 0.350 e. The molecule has 2 aromatic rings. The molecule has 2 heterocycles. The quantitative estimate of drug-likeness (QED) is 0.510. The van der Waals surface area contributed by atoms with E-state index in [1.54, 1.807) is 12.1 Å². The van der Waals surface area contributed by atoms with E-state index in [2.05, 4.69) is 14.1 Å². The van der Waals surface area contributed by atoms with Crippen molar-refractivity contribution >= 4 is 52.0 Å². The van der Waals surface area contributed by atoms with Crippen molar-refractivity contribution in [1.82, 2.24) is 8.75 Å². The molecule has 1 aromatic carbocycles. The molecular formula is C13H10ClN3O4S. The first-order chi connectivity index (χ1) is 10.4. The molecule has 0 atom stereocenters. The third kappa shape index (κ3) is 2.62. The second-order valence-corrected chi connectivity index (χ2v) is 5.87. The molecule has 22 heavy (non-hydrogen) atoms. The highest BCUT2D eigenvalue weighted by atomic mass is 35.5. The number of anilines is 1. The molecule has 1 N–H and O–H groups in total. The summed E-state index contributed by atoms with van der Waals surface area (Å²) in [4.78, 5) is 23.7. The van der Waals surface area contributed by atoms with Gasteiger partial charge in [0.25, 0.3) is 5.79 Å². The van der Waals surface area contributed by atoms with Crippen LogP contribution in [0.4, 0.5) is 5.69 Å². The molecule has 1 fully saturated rings. The first-order valence-corrected chi connectivity index (χ1v) is 7.32. The Kier molecular flexibility index (Phi) is 3.50. The maximum Gasteiger partial charge on any atom is 0.350 e. The monoisotopic (exact) mass is 339 g/mol. The van der Waals surface area contributed by atoms with Crippen molar-refractivity contribution in [1.29, 1.82) is 0 Å². The zero-order chi connectivity index (χ0) is 15.9. The summed E-state index contributed by atoms with van der Waals surface area (Å²) >= 11 is 7.14. The lowest BCUT2D eigenvalue weighted by Gasteiger charge is -2.29. The number of benzene rings is 1. The molecule has 0 aliphatic carbocycles. The van der Waals surface area contributed by atoms with Crippen LogP contribution < -0.4 is 5.32 Å². The molecule has 0 unspecified atom stereocenters. The van der Waals surface area contributed by atoms with Crippen LogP contribution >= 0.6 is 23.3 Å². The molecule has 0 saturated carbocycles. The van der Waals surface area contributed by atoms with Crippen LogP contribution in [0.25, 0.3) is 11.0 Å². The molecule has 7 nitrogen and oxygen atoms in total. The number of carbonyl (C=O) groups is 2. The van der Waals surface area contributed by atoms with Gasteiger partial charge in [-0.15, -0.1) is 0 Å². The van der Waals surface area contributed by atoms with Gasteiger partial charge in [-0.25, -0.2) is 9.59 Å². The van der Waals surface area contributed by atoms with Gasteiger partial charge < -0.3 is 14.8 Å². The van der Waals surface area contributed by atoms with Crippen LogP contribution in [0.5, 0.6) is 0 Å². The van der Waals surface area contributed by atoms with Gasteiger partial charge in [0.2, 0.25) is 0 Å². The van der Waals surface area contributed by atoms with E-state index in [1.807, 2.05) is 0 Å². The van der Waals surface area contributed by atoms with Gasteiger partial charge in [-0.3, -0.25) is 0 Å². The van der Waals surface area contributed by atoms with E-state index in [-0.39, 0.29) is 5.57 Å². The van der Waals surface area contributed by atoms with Crippen molar-refractivity contribution in [2.45, 2.75) is 19.6 Å². The van der Waals surface area contributed by atoms with Crippen molar-refractivity contribution < 1.29 is 19.1 Å². The Hall–Kier alpha value is -2.19. The number of rotatable bonds is 2. The number of aromatic nitrogens is 2. The minimum absolute atomic E-state index is 0.254. The Morgan fingerprint density at radius 3 is 2.59 bits per heavy atom. The zero-order valence-electron chi connectivity index (χ0n) is 11.5. The normalized spacial score (nSPS) is 17.1. The van der Waals surface area contributed by atoms with E-state index in [4.69, 9.17) is 21.1 Å². The number of hydrogen-bond donors (Lipinski definition) is 1. The lowest BCUT2D eigenvalue weighted by molar-refractivity contribution is -0.222. The number of cyclic esters (lactones) is 2. The number of fused-ring (bicyclic) bond motifs is 1. The van der Waals surface area contributed by atoms with Crippen molar-refractivity contribution in [2.24, 2.45) is 0 Å². The first-order valence-electron chi connectivity index (χ1n) is 6.21. The van der Waals surface area contributed by atoms with Crippen molar-refractivity contribution in [3.8, 4) is 0 Å². The lowest BCUT2D eigenvalue weighted by atomic mass is 10.2. The topological polar surface area (TPSA) is 90.4 Å². The van der Waals surface area contributed by atoms with Crippen molar-refractivity contribution in [2.75, 3.05) is 5.32 Å². The van der Waals surface area contributed by atoms with Gasteiger partial charge >= 0.3 is 11.9 Å². The summed E-state index contributed by atoms with van der Waals surface area (Å²) in [6.45, 7) is 2.96. The third-order valence-corrected chi connectivity index (χ3v) is 3.71. The Morgan fingerprint density at radius 2 is 1.91 bits per heavy atom. The average Bonchev–Trinajstić information content (AvgIpc) is 2.87. The Morgan fingerprint density at radius 1 is 1.23 bits per heavy atom. The summed E-state index contributed by atoms with van der Waals surface area (Å²) in [6.07, 6.45) is 1.19. The molecule has 1 aliphatic rings. The molecule has 1 aromatic heterocycles. The van der Waals surface area contributed by atoms with Gasteiger partial charge in [-0.05, 0) is 12.1 Å².